The summed E-state index contributed by atoms with van der Waals surface area (Å²) < 4.78 is 4.89. The third kappa shape index (κ3) is 4.71. The molecular weight excluding hydrogens is 434 g/mol. The fourth-order valence-electron chi connectivity index (χ4n) is 4.70. The molecule has 2 N–H and O–H groups in total. The number of nitrogens with one attached hydrogen (secondary N) is 1. The molecule has 34 heavy (non-hydrogen) atoms. The lowest BCUT2D eigenvalue weighted by atomic mass is 10.0. The van der Waals surface area contributed by atoms with Gasteiger partial charge in [-0.05, 0) is 35.2 Å². The van der Waals surface area contributed by atoms with E-state index in [1.54, 1.807) is 4.90 Å². The van der Waals surface area contributed by atoms with Crippen molar-refractivity contribution in [3.05, 3.63) is 65.5 Å². The van der Waals surface area contributed by atoms with E-state index in [4.69, 9.17) is 4.52 Å². The van der Waals surface area contributed by atoms with Crippen LogP contribution in [-0.2, 0) is 22.4 Å². The molecule has 0 bridgehead atoms. The molecule has 0 saturated carbocycles. The topological polar surface area (TPSA) is 112 Å². The number of likely N-dealkylation sites (tertiary alicyclic amines) is 1. The Bertz CT molecular complexity index is 1200. The van der Waals surface area contributed by atoms with E-state index in [1.807, 2.05) is 49.5 Å². The van der Waals surface area contributed by atoms with Crippen molar-refractivity contribution in [1.29, 1.82) is 0 Å². The normalized spacial score (nSPS) is 18.5. The van der Waals surface area contributed by atoms with Crippen molar-refractivity contribution < 1.29 is 19.2 Å². The number of fused-ring (bicyclic) bond motifs is 1. The monoisotopic (exact) mass is 461 g/mol. The van der Waals surface area contributed by atoms with Crippen molar-refractivity contribution in [3.63, 3.8) is 0 Å². The molecule has 0 radical (unpaired) electrons. The Morgan fingerprint density at radius 1 is 1.32 bits per heavy atom. The van der Waals surface area contributed by atoms with Crippen molar-refractivity contribution in [2.45, 2.75) is 31.4 Å². The Labute approximate surface area is 197 Å². The maximum atomic E-state index is 13.4. The lowest BCUT2D eigenvalue weighted by Crippen LogP contribution is -2.39. The molecular formula is C25H27N5O4. The minimum atomic E-state index is -0.339. The Kier molecular flexibility index (Phi) is 6.12. The average molecular weight is 462 g/mol. The van der Waals surface area contributed by atoms with Crippen LogP contribution in [0.2, 0.25) is 0 Å². The zero-order valence-corrected chi connectivity index (χ0v) is 19.0. The van der Waals surface area contributed by atoms with E-state index in [9.17, 15) is 14.7 Å². The van der Waals surface area contributed by atoms with Gasteiger partial charge in [0, 0.05) is 37.9 Å². The zero-order chi connectivity index (χ0) is 23.7. The number of nitrogens with zero attached hydrogens (tertiary/aromatic N) is 4. The maximum Gasteiger partial charge on any atom is 0.228 e. The molecule has 1 aromatic heterocycles. The lowest BCUT2D eigenvalue weighted by Gasteiger charge is -2.32. The Balaban J connectivity index is 1.38. The van der Waals surface area contributed by atoms with E-state index < -0.39 is 0 Å². The number of β-amino-alcohol motifs (C(OH)–C–C–N with tert-alkyl or cyclic N) is 1. The second-order valence-corrected chi connectivity index (χ2v) is 9.00. The first-order valence-corrected chi connectivity index (χ1v) is 11.4. The summed E-state index contributed by atoms with van der Waals surface area (Å²) in [6.45, 7) is 1.98. The van der Waals surface area contributed by atoms with E-state index in [0.29, 0.717) is 25.3 Å². The van der Waals surface area contributed by atoms with Gasteiger partial charge in [-0.25, -0.2) is 0 Å². The van der Waals surface area contributed by atoms with Gasteiger partial charge in [0.25, 0.3) is 0 Å². The van der Waals surface area contributed by atoms with Gasteiger partial charge >= 0.3 is 0 Å². The smallest absolute Gasteiger partial charge is 0.228 e. The minimum Gasteiger partial charge on any atom is -0.392 e. The fraction of sp³-hybridized carbons (Fsp3) is 0.360. The first kappa shape index (κ1) is 22.2. The third-order valence-electron chi connectivity index (χ3n) is 6.59. The number of aliphatic hydroxyl groups is 1. The number of aliphatic hydroxyl groups excluding tert-OH is 1. The predicted octanol–water partition coefficient (Wildman–Crippen LogP) is 2.04. The number of aromatic nitrogens is 2. The molecule has 9 nitrogen and oxygen atoms in total. The molecule has 2 atom stereocenters. The number of likely N-dealkylation sites (N-methyl/N-ethyl adjacent to an activating group) is 1. The van der Waals surface area contributed by atoms with Gasteiger partial charge in [0.1, 0.15) is 0 Å². The molecule has 3 aromatic rings. The van der Waals surface area contributed by atoms with Crippen LogP contribution in [0.1, 0.15) is 29.2 Å². The van der Waals surface area contributed by atoms with Crippen molar-refractivity contribution in [2.24, 2.45) is 0 Å². The second kappa shape index (κ2) is 9.36. The highest BCUT2D eigenvalue weighted by Crippen LogP contribution is 2.28. The molecule has 176 valence electrons. The summed E-state index contributed by atoms with van der Waals surface area (Å²) in [5.74, 6) is 0.440. The molecule has 2 aliphatic rings. The predicted molar refractivity (Wildman–Crippen MR) is 125 cm³/mol. The summed E-state index contributed by atoms with van der Waals surface area (Å²) in [5.41, 5.74) is 4.37. The molecule has 2 amide bonds. The van der Waals surface area contributed by atoms with Gasteiger partial charge in [-0.15, -0.1) is 0 Å². The van der Waals surface area contributed by atoms with E-state index in [2.05, 4.69) is 20.4 Å². The number of carbonyl (C=O) groups is 2. The van der Waals surface area contributed by atoms with Gasteiger partial charge in [0.2, 0.25) is 24.0 Å². The number of rotatable bonds is 7. The molecule has 0 aliphatic carbocycles. The number of anilines is 1. The van der Waals surface area contributed by atoms with Crippen LogP contribution in [0.3, 0.4) is 0 Å². The lowest BCUT2D eigenvalue weighted by molar-refractivity contribution is -0.131. The molecule has 5 rings (SSSR count). The maximum absolute atomic E-state index is 13.4. The molecule has 9 heteroatoms. The average Bonchev–Trinajstić information content (AvgIpc) is 3.57. The molecule has 2 aliphatic heterocycles. The van der Waals surface area contributed by atoms with Crippen LogP contribution in [0.5, 0.6) is 0 Å². The van der Waals surface area contributed by atoms with E-state index in [0.717, 1.165) is 40.9 Å². The van der Waals surface area contributed by atoms with Crippen molar-refractivity contribution >= 4 is 17.5 Å². The van der Waals surface area contributed by atoms with Crippen molar-refractivity contribution in [3.8, 4) is 11.4 Å². The van der Waals surface area contributed by atoms with Crippen LogP contribution < -0.4 is 5.32 Å². The zero-order valence-electron chi connectivity index (χ0n) is 19.0. The van der Waals surface area contributed by atoms with Gasteiger partial charge in [0.05, 0.1) is 25.0 Å². The number of hydrogen-bond acceptors (Lipinski definition) is 7. The SMILES string of the molecule is CN(C(=O)Cc1ccc2c(c1)NC(=O)C2)[C@H](CN1CC[C@H](O)C1)c1cccc(-c2ncon2)c1. The highest BCUT2D eigenvalue weighted by Gasteiger charge is 2.29. The highest BCUT2D eigenvalue weighted by molar-refractivity contribution is 5.99. The summed E-state index contributed by atoms with van der Waals surface area (Å²) in [5, 5.41) is 16.8. The summed E-state index contributed by atoms with van der Waals surface area (Å²) in [6, 6.07) is 13.3. The first-order valence-electron chi connectivity index (χ1n) is 11.4. The van der Waals surface area contributed by atoms with Gasteiger partial charge < -0.3 is 19.8 Å². The van der Waals surface area contributed by atoms with Crippen LogP contribution in [0.4, 0.5) is 5.69 Å². The summed E-state index contributed by atoms with van der Waals surface area (Å²) in [6.07, 6.45) is 2.29. The quantitative estimate of drug-likeness (QED) is 0.554. The first-order chi connectivity index (χ1) is 16.5. The molecule has 1 saturated heterocycles. The Hall–Kier alpha value is -3.56. The highest BCUT2D eigenvalue weighted by atomic mass is 16.5. The number of carbonyl (C=O) groups excluding carboxylic acids is 2. The van der Waals surface area contributed by atoms with Gasteiger partial charge in [-0.2, -0.15) is 4.98 Å². The van der Waals surface area contributed by atoms with E-state index in [-0.39, 0.29) is 30.4 Å². The minimum absolute atomic E-state index is 0.0232. The molecule has 0 spiro atoms. The van der Waals surface area contributed by atoms with Crippen molar-refractivity contribution in [2.75, 3.05) is 32.0 Å². The van der Waals surface area contributed by atoms with E-state index >= 15 is 0 Å². The van der Waals surface area contributed by atoms with Crippen LogP contribution >= 0.6 is 0 Å². The molecule has 1 fully saturated rings. The summed E-state index contributed by atoms with van der Waals surface area (Å²) in [7, 11) is 1.82. The largest absolute Gasteiger partial charge is 0.392 e. The number of amides is 2. The molecule has 0 unspecified atom stereocenters. The fourth-order valence-corrected chi connectivity index (χ4v) is 4.70. The van der Waals surface area contributed by atoms with Gasteiger partial charge in [-0.1, -0.05) is 35.5 Å². The summed E-state index contributed by atoms with van der Waals surface area (Å²) in [4.78, 5) is 33.1. The van der Waals surface area contributed by atoms with Crippen LogP contribution in [0, 0.1) is 0 Å². The van der Waals surface area contributed by atoms with Gasteiger partial charge in [-0.3, -0.25) is 14.5 Å². The Morgan fingerprint density at radius 2 is 2.21 bits per heavy atom. The third-order valence-corrected chi connectivity index (χ3v) is 6.59. The molecule has 3 heterocycles. The van der Waals surface area contributed by atoms with Gasteiger partial charge in [0.15, 0.2) is 0 Å². The summed E-state index contributed by atoms with van der Waals surface area (Å²) >= 11 is 0. The van der Waals surface area contributed by atoms with Crippen LogP contribution in [-0.4, -0.2) is 69.6 Å². The standard InChI is InChI=1S/C25H27N5O4/c1-29(24(33)10-16-5-6-17-12-23(32)27-21(17)9-16)22(14-30-8-7-20(31)13-30)18-3-2-4-19(11-18)25-26-15-34-28-25/h2-6,9,11,15,20,22,31H,7-8,10,12-14H2,1H3,(H,27,32)/t20-,22+/m0/s1. The number of hydrogen-bond donors (Lipinski definition) is 2. The van der Waals surface area contributed by atoms with Crippen LogP contribution in [0.15, 0.2) is 53.4 Å². The molecule has 2 aromatic carbocycles. The second-order valence-electron chi connectivity index (χ2n) is 9.00. The van der Waals surface area contributed by atoms with Crippen LogP contribution in [0.25, 0.3) is 11.4 Å². The number of benzene rings is 2. The van der Waals surface area contributed by atoms with E-state index in [1.165, 1.54) is 6.39 Å². The van der Waals surface area contributed by atoms with Crippen molar-refractivity contribution in [1.82, 2.24) is 19.9 Å². The Morgan fingerprint density at radius 3 is 2.97 bits per heavy atom.